The van der Waals surface area contributed by atoms with Gasteiger partial charge in [0.15, 0.2) is 22.7 Å². The Labute approximate surface area is 206 Å². The van der Waals surface area contributed by atoms with Crippen LogP contribution in [0.1, 0.15) is 56.6 Å². The zero-order valence-corrected chi connectivity index (χ0v) is 20.6. The summed E-state index contributed by atoms with van der Waals surface area (Å²) in [4.78, 5) is 27.9. The number of carboxylic acids is 1. The summed E-state index contributed by atoms with van der Waals surface area (Å²) in [5, 5.41) is 19.2. The molecule has 0 saturated heterocycles. The third kappa shape index (κ3) is 5.42. The predicted molar refractivity (Wildman–Crippen MR) is 127 cm³/mol. The van der Waals surface area contributed by atoms with Crippen molar-refractivity contribution in [2.24, 2.45) is 0 Å². The molecule has 11 nitrogen and oxygen atoms in total. The number of carbonyl (C=O) groups excluding carboxylic acids is 1. The van der Waals surface area contributed by atoms with Crippen LogP contribution in [0.2, 0.25) is 0 Å². The van der Waals surface area contributed by atoms with Gasteiger partial charge in [-0.05, 0) is 46.8 Å². The van der Waals surface area contributed by atoms with E-state index in [1.54, 1.807) is 46.9 Å². The Balaban J connectivity index is 1.55. The second kappa shape index (κ2) is 9.17. The summed E-state index contributed by atoms with van der Waals surface area (Å²) >= 11 is 0. The standard InChI is InChI=1S/C24H28FN5O6/c1-13(28-18-6-7-30-20(29-18)16(10-27-30)21(31)32)15-8-14(25)9-17-19(15)35-24(5,12-34-17)11-26-22(33)36-23(2,3)4/h6-10,13H,11-12H2,1-5H3,(H,26,33)(H,28,29)(H,31,32). The molecule has 1 aromatic carbocycles. The number of anilines is 1. The van der Waals surface area contributed by atoms with Crippen molar-refractivity contribution >= 4 is 23.5 Å². The largest absolute Gasteiger partial charge is 0.485 e. The van der Waals surface area contributed by atoms with Gasteiger partial charge in [0.25, 0.3) is 0 Å². The summed E-state index contributed by atoms with van der Waals surface area (Å²) < 4.78 is 33.1. The maximum Gasteiger partial charge on any atom is 0.407 e. The van der Waals surface area contributed by atoms with Gasteiger partial charge in [-0.3, -0.25) is 0 Å². The lowest BCUT2D eigenvalue weighted by molar-refractivity contribution is 0.000182. The van der Waals surface area contributed by atoms with Crippen LogP contribution in [0.25, 0.3) is 5.65 Å². The van der Waals surface area contributed by atoms with Crippen molar-refractivity contribution in [2.75, 3.05) is 18.5 Å². The highest BCUT2D eigenvalue weighted by Gasteiger charge is 2.36. The molecule has 1 amide bonds. The van der Waals surface area contributed by atoms with E-state index in [1.807, 2.05) is 0 Å². The van der Waals surface area contributed by atoms with Crippen LogP contribution in [-0.2, 0) is 4.74 Å². The molecule has 2 atom stereocenters. The van der Waals surface area contributed by atoms with Gasteiger partial charge in [0, 0.05) is 17.8 Å². The van der Waals surface area contributed by atoms with Gasteiger partial charge in [-0.15, -0.1) is 0 Å². The Bertz CT molecular complexity index is 1320. The molecular formula is C24H28FN5O6. The van der Waals surface area contributed by atoms with E-state index in [4.69, 9.17) is 14.2 Å². The van der Waals surface area contributed by atoms with Crippen LogP contribution in [0.3, 0.4) is 0 Å². The molecular weight excluding hydrogens is 473 g/mol. The van der Waals surface area contributed by atoms with Crippen molar-refractivity contribution in [2.45, 2.75) is 51.9 Å². The van der Waals surface area contributed by atoms with Gasteiger partial charge in [0.2, 0.25) is 0 Å². The normalized spacial score (nSPS) is 17.9. The minimum absolute atomic E-state index is 0.0422. The third-order valence-corrected chi connectivity index (χ3v) is 5.37. The van der Waals surface area contributed by atoms with E-state index in [-0.39, 0.29) is 30.1 Å². The number of halogens is 1. The Morgan fingerprint density at radius 1 is 1.36 bits per heavy atom. The van der Waals surface area contributed by atoms with E-state index in [1.165, 1.54) is 22.8 Å². The number of rotatable bonds is 6. The summed E-state index contributed by atoms with van der Waals surface area (Å²) in [5.41, 5.74) is -1.00. The van der Waals surface area contributed by atoms with Gasteiger partial charge in [0.05, 0.1) is 18.8 Å². The van der Waals surface area contributed by atoms with Gasteiger partial charge in [-0.2, -0.15) is 5.10 Å². The Hall–Kier alpha value is -4.09. The smallest absolute Gasteiger partial charge is 0.407 e. The number of hydrogen-bond donors (Lipinski definition) is 3. The highest BCUT2D eigenvalue weighted by molar-refractivity contribution is 5.94. The number of nitrogens with one attached hydrogen (secondary N) is 2. The summed E-state index contributed by atoms with van der Waals surface area (Å²) in [6.45, 7) is 9.02. The van der Waals surface area contributed by atoms with Crippen molar-refractivity contribution in [3.8, 4) is 11.5 Å². The van der Waals surface area contributed by atoms with E-state index in [2.05, 4.69) is 20.7 Å². The fraction of sp³-hybridized carbons (Fsp3) is 0.417. The lowest BCUT2D eigenvalue weighted by Gasteiger charge is -2.37. The molecule has 1 aliphatic rings. The second-order valence-corrected chi connectivity index (χ2v) is 9.83. The zero-order chi connectivity index (χ0) is 26.3. The van der Waals surface area contributed by atoms with Crippen molar-refractivity contribution < 1.29 is 33.3 Å². The average molecular weight is 502 g/mol. The Morgan fingerprint density at radius 2 is 2.11 bits per heavy atom. The first kappa shape index (κ1) is 25.0. The monoisotopic (exact) mass is 501 g/mol. The lowest BCUT2D eigenvalue weighted by Crippen LogP contribution is -2.51. The number of nitrogens with zero attached hydrogens (tertiary/aromatic N) is 3. The lowest BCUT2D eigenvalue weighted by atomic mass is 10.0. The van der Waals surface area contributed by atoms with Gasteiger partial charge >= 0.3 is 12.1 Å². The number of aromatic nitrogens is 3. The summed E-state index contributed by atoms with van der Waals surface area (Å²) in [7, 11) is 0. The third-order valence-electron chi connectivity index (χ3n) is 5.37. The van der Waals surface area contributed by atoms with Crippen molar-refractivity contribution in [3.05, 3.63) is 47.5 Å². The number of carbonyl (C=O) groups is 2. The molecule has 0 bridgehead atoms. The molecule has 2 unspecified atom stereocenters. The van der Waals surface area contributed by atoms with E-state index in [0.717, 1.165) is 0 Å². The highest BCUT2D eigenvalue weighted by Crippen LogP contribution is 2.42. The molecule has 1 aliphatic heterocycles. The van der Waals surface area contributed by atoms with E-state index >= 15 is 0 Å². The van der Waals surface area contributed by atoms with Crippen LogP contribution >= 0.6 is 0 Å². The summed E-state index contributed by atoms with van der Waals surface area (Å²) in [6.07, 6.45) is 2.21. The van der Waals surface area contributed by atoms with Crippen LogP contribution in [0, 0.1) is 5.82 Å². The average Bonchev–Trinajstić information content (AvgIpc) is 3.20. The predicted octanol–water partition coefficient (Wildman–Crippen LogP) is 3.79. The maximum absolute atomic E-state index is 14.4. The van der Waals surface area contributed by atoms with Crippen LogP contribution in [0.15, 0.2) is 30.6 Å². The molecule has 2 aromatic heterocycles. The summed E-state index contributed by atoms with van der Waals surface area (Å²) in [5.74, 6) is -0.730. The van der Waals surface area contributed by atoms with Crippen LogP contribution in [-0.4, -0.2) is 56.1 Å². The van der Waals surface area contributed by atoms with Crippen molar-refractivity contribution in [1.29, 1.82) is 0 Å². The number of ether oxygens (including phenoxy) is 3. The molecule has 36 heavy (non-hydrogen) atoms. The number of alkyl carbamates (subject to hydrolysis) is 1. The number of carboxylic acid groups (broad SMARTS) is 1. The number of amides is 1. The van der Waals surface area contributed by atoms with E-state index < -0.39 is 35.1 Å². The van der Waals surface area contributed by atoms with Gasteiger partial charge in [-0.1, -0.05) is 0 Å². The topological polar surface area (TPSA) is 136 Å². The van der Waals surface area contributed by atoms with Crippen LogP contribution in [0.5, 0.6) is 11.5 Å². The summed E-state index contributed by atoms with van der Waals surface area (Å²) in [6, 6.07) is 3.68. The minimum atomic E-state index is -1.15. The molecule has 3 aromatic rings. The molecule has 12 heteroatoms. The SMILES string of the molecule is CC(Nc1ccn2ncc(C(=O)O)c2n1)c1cc(F)cc2c1OC(C)(CNC(=O)OC(C)(C)C)CO2. The number of benzene rings is 1. The minimum Gasteiger partial charge on any atom is -0.485 e. The fourth-order valence-electron chi connectivity index (χ4n) is 3.69. The first-order valence-electron chi connectivity index (χ1n) is 11.3. The van der Waals surface area contributed by atoms with Gasteiger partial charge in [-0.25, -0.2) is 23.5 Å². The number of fused-ring (bicyclic) bond motifs is 2. The molecule has 4 rings (SSSR count). The molecule has 0 saturated carbocycles. The molecule has 0 spiro atoms. The van der Waals surface area contributed by atoms with Crippen molar-refractivity contribution in [3.63, 3.8) is 0 Å². The molecule has 0 fully saturated rings. The zero-order valence-electron chi connectivity index (χ0n) is 20.6. The quantitative estimate of drug-likeness (QED) is 0.461. The molecule has 192 valence electrons. The fourth-order valence-corrected chi connectivity index (χ4v) is 3.69. The van der Waals surface area contributed by atoms with E-state index in [9.17, 15) is 19.1 Å². The number of hydrogen-bond acceptors (Lipinski definition) is 8. The van der Waals surface area contributed by atoms with E-state index in [0.29, 0.717) is 17.1 Å². The molecule has 0 radical (unpaired) electrons. The maximum atomic E-state index is 14.4. The van der Waals surface area contributed by atoms with Gasteiger partial charge < -0.3 is 30.0 Å². The first-order chi connectivity index (χ1) is 16.8. The van der Waals surface area contributed by atoms with Crippen LogP contribution in [0.4, 0.5) is 15.0 Å². The first-order valence-corrected chi connectivity index (χ1v) is 11.3. The van der Waals surface area contributed by atoms with Gasteiger partial charge in [0.1, 0.15) is 29.4 Å². The second-order valence-electron chi connectivity index (χ2n) is 9.83. The molecule has 0 aliphatic carbocycles. The highest BCUT2D eigenvalue weighted by atomic mass is 19.1. The Kier molecular flexibility index (Phi) is 6.37. The number of aromatic carboxylic acids is 1. The van der Waals surface area contributed by atoms with Crippen molar-refractivity contribution in [1.82, 2.24) is 19.9 Å². The molecule has 3 N–H and O–H groups in total. The molecule has 3 heterocycles. The Morgan fingerprint density at radius 3 is 2.81 bits per heavy atom. The van der Waals surface area contributed by atoms with Crippen LogP contribution < -0.4 is 20.1 Å².